The van der Waals surface area contributed by atoms with Gasteiger partial charge < -0.3 is 9.88 Å². The molecule has 3 heteroatoms. The van der Waals surface area contributed by atoms with Crippen molar-refractivity contribution >= 4 is 21.8 Å². The number of nitrogens with zero attached hydrogens (tertiary/aromatic N) is 2. The van der Waals surface area contributed by atoms with E-state index in [0.29, 0.717) is 0 Å². The molecule has 2 heterocycles. The van der Waals surface area contributed by atoms with E-state index >= 15 is 0 Å². The highest BCUT2D eigenvalue weighted by molar-refractivity contribution is 6.07. The fourth-order valence-electron chi connectivity index (χ4n) is 3.42. The minimum Gasteiger partial charge on any atom is -0.339 e. The second-order valence-electron chi connectivity index (χ2n) is 5.78. The maximum absolute atomic E-state index is 3.42. The van der Waals surface area contributed by atoms with Crippen LogP contribution in [0.2, 0.25) is 0 Å². The summed E-state index contributed by atoms with van der Waals surface area (Å²) in [6, 6.07) is 17.5. The molecule has 3 aromatic rings. The summed E-state index contributed by atoms with van der Waals surface area (Å²) in [7, 11) is 0. The fraction of sp³-hybridized carbons (Fsp3) is 0.333. The maximum atomic E-state index is 3.42. The molecule has 0 saturated carbocycles. The lowest BCUT2D eigenvalue weighted by Crippen LogP contribution is -2.44. The van der Waals surface area contributed by atoms with Crippen LogP contribution in [0, 0.1) is 0 Å². The van der Waals surface area contributed by atoms with Gasteiger partial charge >= 0.3 is 0 Å². The maximum Gasteiger partial charge on any atom is 0.0491 e. The molecule has 0 unspecified atom stereocenters. The van der Waals surface area contributed by atoms with Crippen LogP contribution in [0.3, 0.4) is 0 Å². The highest BCUT2D eigenvalue weighted by atomic mass is 15.2. The molecule has 3 nitrogen and oxygen atoms in total. The molecule has 0 bridgehead atoms. The molecule has 1 fully saturated rings. The Morgan fingerprint density at radius 1 is 0.762 bits per heavy atom. The van der Waals surface area contributed by atoms with Crippen LogP contribution in [0.15, 0.2) is 48.5 Å². The number of hydrogen-bond donors (Lipinski definition) is 1. The van der Waals surface area contributed by atoms with Crippen LogP contribution in [0.4, 0.5) is 0 Å². The highest BCUT2D eigenvalue weighted by Crippen LogP contribution is 2.28. The van der Waals surface area contributed by atoms with Crippen molar-refractivity contribution in [3.63, 3.8) is 0 Å². The van der Waals surface area contributed by atoms with Crippen LogP contribution < -0.4 is 5.32 Å². The molecular weight excluding hydrogens is 258 g/mol. The zero-order valence-corrected chi connectivity index (χ0v) is 12.3. The second kappa shape index (κ2) is 5.51. The quantitative estimate of drug-likeness (QED) is 0.795. The van der Waals surface area contributed by atoms with E-state index in [1.807, 2.05) is 0 Å². The fourth-order valence-corrected chi connectivity index (χ4v) is 3.42. The monoisotopic (exact) mass is 279 g/mol. The van der Waals surface area contributed by atoms with Gasteiger partial charge in [-0.05, 0) is 12.1 Å². The van der Waals surface area contributed by atoms with Gasteiger partial charge in [-0.3, -0.25) is 4.90 Å². The third kappa shape index (κ3) is 2.33. The molecule has 108 valence electrons. The normalized spacial score (nSPS) is 16.8. The number of piperazine rings is 1. The summed E-state index contributed by atoms with van der Waals surface area (Å²) in [5.74, 6) is 0. The van der Waals surface area contributed by atoms with Gasteiger partial charge in [0, 0.05) is 61.1 Å². The van der Waals surface area contributed by atoms with Crippen molar-refractivity contribution in [2.45, 2.75) is 6.54 Å². The molecule has 1 aliphatic rings. The summed E-state index contributed by atoms with van der Waals surface area (Å²) in [4.78, 5) is 2.56. The Labute approximate surface area is 125 Å². The summed E-state index contributed by atoms with van der Waals surface area (Å²) in [5.41, 5.74) is 2.71. The summed E-state index contributed by atoms with van der Waals surface area (Å²) in [6.45, 7) is 6.76. The van der Waals surface area contributed by atoms with Gasteiger partial charge in [-0.15, -0.1) is 0 Å². The Kier molecular flexibility index (Phi) is 3.37. The van der Waals surface area contributed by atoms with E-state index in [4.69, 9.17) is 0 Å². The molecule has 1 N–H and O–H groups in total. The SMILES string of the molecule is c1ccc2c(c1)c1ccccc1n2CCN1CCNCC1. The molecule has 2 aromatic carbocycles. The van der Waals surface area contributed by atoms with Crippen molar-refractivity contribution < 1.29 is 0 Å². The Morgan fingerprint density at radius 3 is 1.95 bits per heavy atom. The van der Waals surface area contributed by atoms with Crippen LogP contribution in [-0.2, 0) is 6.54 Å². The topological polar surface area (TPSA) is 20.2 Å². The first-order chi connectivity index (χ1) is 10.4. The van der Waals surface area contributed by atoms with Gasteiger partial charge in [0.05, 0.1) is 0 Å². The third-order valence-electron chi connectivity index (χ3n) is 4.53. The van der Waals surface area contributed by atoms with Gasteiger partial charge in [-0.1, -0.05) is 36.4 Å². The average Bonchev–Trinajstić information content (AvgIpc) is 2.88. The molecule has 1 saturated heterocycles. The summed E-state index contributed by atoms with van der Waals surface area (Å²) < 4.78 is 2.48. The van der Waals surface area contributed by atoms with Gasteiger partial charge in [0.2, 0.25) is 0 Å². The molecule has 0 amide bonds. The van der Waals surface area contributed by atoms with Crippen molar-refractivity contribution in [1.82, 2.24) is 14.8 Å². The molecule has 0 radical (unpaired) electrons. The van der Waals surface area contributed by atoms with Crippen molar-refractivity contribution in [3.8, 4) is 0 Å². The standard InChI is InChI=1S/C18H21N3/c1-3-7-17-15(5-1)16-6-2-4-8-18(16)21(17)14-13-20-11-9-19-10-12-20/h1-8,19H,9-14H2. The Hall–Kier alpha value is -1.84. The van der Waals surface area contributed by atoms with Crippen molar-refractivity contribution in [3.05, 3.63) is 48.5 Å². The molecule has 0 atom stereocenters. The zero-order chi connectivity index (χ0) is 14.1. The average molecular weight is 279 g/mol. The van der Waals surface area contributed by atoms with E-state index < -0.39 is 0 Å². The van der Waals surface area contributed by atoms with E-state index in [1.54, 1.807) is 0 Å². The predicted octanol–water partition coefficient (Wildman–Crippen LogP) is 2.70. The number of fused-ring (bicyclic) bond motifs is 3. The van der Waals surface area contributed by atoms with Crippen molar-refractivity contribution in [2.24, 2.45) is 0 Å². The van der Waals surface area contributed by atoms with E-state index in [-0.39, 0.29) is 0 Å². The molecule has 0 spiro atoms. The molecular formula is C18H21N3. The van der Waals surface area contributed by atoms with Crippen LogP contribution in [-0.4, -0.2) is 42.2 Å². The lowest BCUT2D eigenvalue weighted by Gasteiger charge is -2.27. The zero-order valence-electron chi connectivity index (χ0n) is 12.3. The van der Waals surface area contributed by atoms with E-state index in [2.05, 4.69) is 63.3 Å². The summed E-state index contributed by atoms with van der Waals surface area (Å²) in [5, 5.41) is 6.16. The Morgan fingerprint density at radius 2 is 1.33 bits per heavy atom. The first kappa shape index (κ1) is 12.9. The Balaban J connectivity index is 1.71. The smallest absolute Gasteiger partial charge is 0.0491 e. The number of nitrogens with one attached hydrogen (secondary N) is 1. The second-order valence-corrected chi connectivity index (χ2v) is 5.78. The minimum atomic E-state index is 1.06. The van der Waals surface area contributed by atoms with Gasteiger partial charge in [0.25, 0.3) is 0 Å². The summed E-state index contributed by atoms with van der Waals surface area (Å²) in [6.07, 6.45) is 0. The molecule has 0 aliphatic carbocycles. The van der Waals surface area contributed by atoms with E-state index in [0.717, 1.165) is 39.3 Å². The van der Waals surface area contributed by atoms with Crippen LogP contribution in [0.5, 0.6) is 0 Å². The van der Waals surface area contributed by atoms with E-state index in [9.17, 15) is 0 Å². The minimum absolute atomic E-state index is 1.06. The van der Waals surface area contributed by atoms with Crippen molar-refractivity contribution in [1.29, 1.82) is 0 Å². The van der Waals surface area contributed by atoms with Crippen LogP contribution in [0.25, 0.3) is 21.8 Å². The highest BCUT2D eigenvalue weighted by Gasteiger charge is 2.12. The van der Waals surface area contributed by atoms with Gasteiger partial charge in [-0.25, -0.2) is 0 Å². The number of rotatable bonds is 3. The third-order valence-corrected chi connectivity index (χ3v) is 4.53. The summed E-state index contributed by atoms with van der Waals surface area (Å²) >= 11 is 0. The molecule has 1 aliphatic heterocycles. The molecule has 21 heavy (non-hydrogen) atoms. The number of para-hydroxylation sites is 2. The Bertz CT molecular complexity index is 700. The largest absolute Gasteiger partial charge is 0.339 e. The molecule has 1 aromatic heterocycles. The van der Waals surface area contributed by atoms with Crippen LogP contribution in [0.1, 0.15) is 0 Å². The number of aromatic nitrogens is 1. The molecule has 4 rings (SSSR count). The lowest BCUT2D eigenvalue weighted by molar-refractivity contribution is 0.234. The van der Waals surface area contributed by atoms with Gasteiger partial charge in [0.1, 0.15) is 0 Å². The first-order valence-electron chi connectivity index (χ1n) is 7.82. The van der Waals surface area contributed by atoms with Crippen LogP contribution >= 0.6 is 0 Å². The van der Waals surface area contributed by atoms with Crippen molar-refractivity contribution in [2.75, 3.05) is 32.7 Å². The van der Waals surface area contributed by atoms with Gasteiger partial charge in [0.15, 0.2) is 0 Å². The number of hydrogen-bond acceptors (Lipinski definition) is 2. The van der Waals surface area contributed by atoms with Gasteiger partial charge in [-0.2, -0.15) is 0 Å². The van der Waals surface area contributed by atoms with E-state index in [1.165, 1.54) is 21.8 Å². The lowest BCUT2D eigenvalue weighted by atomic mass is 10.2. The first-order valence-corrected chi connectivity index (χ1v) is 7.82. The predicted molar refractivity (Wildman–Crippen MR) is 88.8 cm³/mol. The number of benzene rings is 2.